The van der Waals surface area contributed by atoms with E-state index < -0.39 is 10.0 Å². The first-order chi connectivity index (χ1) is 7.42. The van der Waals surface area contributed by atoms with Crippen molar-refractivity contribution in [3.05, 3.63) is 16.4 Å². The van der Waals surface area contributed by atoms with E-state index in [0.29, 0.717) is 18.8 Å². The summed E-state index contributed by atoms with van der Waals surface area (Å²) >= 11 is 3.30. The van der Waals surface area contributed by atoms with Gasteiger partial charge in [-0.05, 0) is 15.9 Å². The molecule has 0 aliphatic carbocycles. The summed E-state index contributed by atoms with van der Waals surface area (Å²) in [4.78, 5) is 0. The molecule has 1 heterocycles. The number of nitrogens with zero attached hydrogens (tertiary/aromatic N) is 3. The molecule has 0 spiro atoms. The van der Waals surface area contributed by atoms with E-state index in [4.69, 9.17) is 0 Å². The number of aromatic nitrogens is 2. The molecular weight excluding hydrogens is 294 g/mol. The first kappa shape index (κ1) is 13.7. The molecule has 1 aromatic heterocycles. The van der Waals surface area contributed by atoms with Gasteiger partial charge < -0.3 is 0 Å². The summed E-state index contributed by atoms with van der Waals surface area (Å²) in [6.07, 6.45) is 1.60. The topological polar surface area (TPSA) is 55.2 Å². The van der Waals surface area contributed by atoms with Crippen LogP contribution in [0.5, 0.6) is 0 Å². The van der Waals surface area contributed by atoms with Crippen LogP contribution in [0.4, 0.5) is 0 Å². The lowest BCUT2D eigenvalue weighted by Gasteiger charge is -2.18. The van der Waals surface area contributed by atoms with Crippen LogP contribution < -0.4 is 0 Å². The van der Waals surface area contributed by atoms with Crippen LogP contribution in [0.3, 0.4) is 0 Å². The van der Waals surface area contributed by atoms with Crippen LogP contribution in [-0.4, -0.2) is 35.6 Å². The van der Waals surface area contributed by atoms with Crippen LogP contribution in [0, 0.1) is 0 Å². The summed E-state index contributed by atoms with van der Waals surface area (Å²) in [5.74, 6) is -0.0221. The highest BCUT2D eigenvalue weighted by Crippen LogP contribution is 2.19. The van der Waals surface area contributed by atoms with E-state index in [0.717, 1.165) is 4.47 Å². The maximum atomic E-state index is 12.0. The zero-order valence-corrected chi connectivity index (χ0v) is 12.0. The third-order valence-electron chi connectivity index (χ3n) is 2.43. The van der Waals surface area contributed by atoms with Gasteiger partial charge in [0.15, 0.2) is 0 Å². The second-order valence-corrected chi connectivity index (χ2v) is 6.23. The summed E-state index contributed by atoms with van der Waals surface area (Å²) in [6.45, 7) is 4.65. The van der Waals surface area contributed by atoms with Crippen molar-refractivity contribution in [2.75, 3.05) is 13.1 Å². The Balaban J connectivity index is 2.97. The van der Waals surface area contributed by atoms with E-state index in [2.05, 4.69) is 21.0 Å². The lowest BCUT2D eigenvalue weighted by atomic mass is 10.5. The number of aryl methyl sites for hydroxylation is 1. The van der Waals surface area contributed by atoms with Gasteiger partial charge in [0.05, 0.1) is 16.4 Å². The van der Waals surface area contributed by atoms with Gasteiger partial charge in [0.2, 0.25) is 10.0 Å². The fourth-order valence-corrected chi connectivity index (χ4v) is 3.81. The van der Waals surface area contributed by atoms with Crippen molar-refractivity contribution >= 4 is 26.0 Å². The Morgan fingerprint density at radius 2 is 2.00 bits per heavy atom. The molecule has 0 saturated carbocycles. The van der Waals surface area contributed by atoms with Crippen molar-refractivity contribution in [3.63, 3.8) is 0 Å². The van der Waals surface area contributed by atoms with E-state index in [1.807, 2.05) is 13.8 Å². The molecule has 0 aliphatic heterocycles. The van der Waals surface area contributed by atoms with Gasteiger partial charge in [-0.15, -0.1) is 0 Å². The molecule has 0 fully saturated rings. The maximum absolute atomic E-state index is 12.0. The Kier molecular flexibility index (Phi) is 4.52. The quantitative estimate of drug-likeness (QED) is 0.825. The highest BCUT2D eigenvalue weighted by Gasteiger charge is 2.22. The van der Waals surface area contributed by atoms with Gasteiger partial charge in [-0.1, -0.05) is 13.8 Å². The lowest BCUT2D eigenvalue weighted by molar-refractivity contribution is 0.443. The molecule has 0 saturated heterocycles. The SMILES string of the molecule is CCN(CC)S(=O)(=O)Cc1c(Br)cnn1C. The highest BCUT2D eigenvalue weighted by atomic mass is 79.9. The largest absolute Gasteiger partial charge is 0.270 e. The Labute approximate surface area is 105 Å². The first-order valence-corrected chi connectivity index (χ1v) is 7.46. The number of hydrogen-bond donors (Lipinski definition) is 0. The third kappa shape index (κ3) is 2.83. The second kappa shape index (κ2) is 5.29. The van der Waals surface area contributed by atoms with Gasteiger partial charge in [-0.25, -0.2) is 12.7 Å². The zero-order valence-electron chi connectivity index (χ0n) is 9.64. The van der Waals surface area contributed by atoms with E-state index in [-0.39, 0.29) is 5.75 Å². The van der Waals surface area contributed by atoms with Crippen LogP contribution in [0.1, 0.15) is 19.5 Å². The number of halogens is 1. The van der Waals surface area contributed by atoms with Crippen LogP contribution >= 0.6 is 15.9 Å². The van der Waals surface area contributed by atoms with Gasteiger partial charge in [-0.3, -0.25) is 4.68 Å². The average Bonchev–Trinajstić information content (AvgIpc) is 2.50. The van der Waals surface area contributed by atoms with Gasteiger partial charge >= 0.3 is 0 Å². The van der Waals surface area contributed by atoms with Crippen LogP contribution in [0.15, 0.2) is 10.7 Å². The van der Waals surface area contributed by atoms with Crippen molar-refractivity contribution in [1.82, 2.24) is 14.1 Å². The molecule has 0 aliphatic rings. The minimum Gasteiger partial charge on any atom is -0.270 e. The standard InChI is InChI=1S/C9H16BrN3O2S/c1-4-13(5-2)16(14,15)7-9-8(10)6-11-12(9)3/h6H,4-5,7H2,1-3H3. The van der Waals surface area contributed by atoms with Crippen LogP contribution in [0.25, 0.3) is 0 Å². The molecule has 92 valence electrons. The van der Waals surface area contributed by atoms with Crippen molar-refractivity contribution < 1.29 is 8.42 Å². The molecule has 0 unspecified atom stereocenters. The molecule has 1 aromatic rings. The smallest absolute Gasteiger partial charge is 0.219 e. The molecule has 16 heavy (non-hydrogen) atoms. The Hall–Kier alpha value is -0.400. The summed E-state index contributed by atoms with van der Waals surface area (Å²) in [5.41, 5.74) is 0.673. The van der Waals surface area contributed by atoms with Gasteiger partial charge in [0, 0.05) is 20.1 Å². The van der Waals surface area contributed by atoms with Crippen LogP contribution in [-0.2, 0) is 22.8 Å². The minimum absolute atomic E-state index is 0.0221. The molecule has 0 aromatic carbocycles. The van der Waals surface area contributed by atoms with E-state index in [1.54, 1.807) is 17.9 Å². The van der Waals surface area contributed by atoms with Crippen molar-refractivity contribution in [3.8, 4) is 0 Å². The second-order valence-electron chi connectivity index (χ2n) is 3.40. The molecule has 0 amide bonds. The van der Waals surface area contributed by atoms with Crippen LogP contribution in [0.2, 0.25) is 0 Å². The highest BCUT2D eigenvalue weighted by molar-refractivity contribution is 9.10. The Morgan fingerprint density at radius 3 is 2.38 bits per heavy atom. The summed E-state index contributed by atoms with van der Waals surface area (Å²) < 4.78 is 27.8. The van der Waals surface area contributed by atoms with Gasteiger partial charge in [-0.2, -0.15) is 5.10 Å². The fourth-order valence-electron chi connectivity index (χ4n) is 1.48. The van der Waals surface area contributed by atoms with Crippen molar-refractivity contribution in [2.24, 2.45) is 7.05 Å². The fraction of sp³-hybridized carbons (Fsp3) is 0.667. The minimum atomic E-state index is -3.25. The molecule has 0 bridgehead atoms. The first-order valence-electron chi connectivity index (χ1n) is 5.06. The predicted molar refractivity (Wildman–Crippen MR) is 66.5 cm³/mol. The number of sulfonamides is 1. The van der Waals surface area contributed by atoms with Crippen molar-refractivity contribution in [1.29, 1.82) is 0 Å². The average molecular weight is 310 g/mol. The molecule has 1 rings (SSSR count). The molecule has 0 N–H and O–H groups in total. The molecule has 0 atom stereocenters. The monoisotopic (exact) mass is 309 g/mol. The molecular formula is C9H16BrN3O2S. The molecule has 7 heteroatoms. The Bertz CT molecular complexity index is 432. The summed E-state index contributed by atoms with van der Waals surface area (Å²) in [6, 6.07) is 0. The number of hydrogen-bond acceptors (Lipinski definition) is 3. The van der Waals surface area contributed by atoms with E-state index >= 15 is 0 Å². The number of rotatable bonds is 5. The normalized spacial score (nSPS) is 12.3. The van der Waals surface area contributed by atoms with E-state index in [1.165, 1.54) is 4.31 Å². The third-order valence-corrected chi connectivity index (χ3v) is 5.03. The lowest BCUT2D eigenvalue weighted by Crippen LogP contribution is -2.32. The molecule has 5 nitrogen and oxygen atoms in total. The zero-order chi connectivity index (χ0) is 12.3. The summed E-state index contributed by atoms with van der Waals surface area (Å²) in [7, 11) is -1.51. The molecule has 0 radical (unpaired) electrons. The summed E-state index contributed by atoms with van der Waals surface area (Å²) in [5, 5.41) is 4.00. The maximum Gasteiger partial charge on any atom is 0.219 e. The van der Waals surface area contributed by atoms with E-state index in [9.17, 15) is 8.42 Å². The predicted octanol–water partition coefficient (Wildman–Crippen LogP) is 1.35. The Morgan fingerprint density at radius 1 is 1.44 bits per heavy atom. The van der Waals surface area contributed by atoms with Gasteiger partial charge in [0.1, 0.15) is 5.75 Å². The van der Waals surface area contributed by atoms with Gasteiger partial charge in [0.25, 0.3) is 0 Å². The van der Waals surface area contributed by atoms with Crippen molar-refractivity contribution in [2.45, 2.75) is 19.6 Å².